The van der Waals surface area contributed by atoms with Crippen molar-refractivity contribution < 1.29 is 31.9 Å². The Kier molecular flexibility index (Phi) is 3.82. The van der Waals surface area contributed by atoms with Crippen LogP contribution in [0.1, 0.15) is 19.3 Å². The maximum Gasteiger partial charge on any atom is 0.306 e. The van der Waals surface area contributed by atoms with E-state index in [9.17, 15) is 26.7 Å². The van der Waals surface area contributed by atoms with Crippen LogP contribution < -0.4 is 5.32 Å². The van der Waals surface area contributed by atoms with E-state index in [-0.39, 0.29) is 19.3 Å². The smallest absolute Gasteiger partial charge is 0.306 e. The van der Waals surface area contributed by atoms with Crippen LogP contribution in [0, 0.1) is 35.0 Å². The summed E-state index contributed by atoms with van der Waals surface area (Å²) >= 11 is 0. The Morgan fingerprint density at radius 2 is 1.45 bits per heavy atom. The van der Waals surface area contributed by atoms with E-state index in [0.29, 0.717) is 0 Å². The van der Waals surface area contributed by atoms with Gasteiger partial charge < -0.3 is 10.4 Å². The summed E-state index contributed by atoms with van der Waals surface area (Å²) < 4.78 is 65.6. The Balaban J connectivity index is 2.25. The van der Waals surface area contributed by atoms with Crippen LogP contribution in [0.5, 0.6) is 0 Å². The fourth-order valence-corrected chi connectivity index (χ4v) is 2.27. The first-order valence-corrected chi connectivity index (χ1v) is 5.83. The zero-order valence-corrected chi connectivity index (χ0v) is 10.0. The van der Waals surface area contributed by atoms with E-state index < -0.39 is 52.7 Å². The van der Waals surface area contributed by atoms with E-state index in [4.69, 9.17) is 5.11 Å². The van der Waals surface area contributed by atoms with Crippen LogP contribution in [-0.2, 0) is 4.79 Å². The monoisotopic (exact) mass is 295 g/mol. The number of carboxylic acid groups (broad SMARTS) is 1. The summed E-state index contributed by atoms with van der Waals surface area (Å²) in [5, 5.41) is 11.0. The van der Waals surface area contributed by atoms with E-state index in [0.717, 1.165) is 0 Å². The molecule has 2 rings (SSSR count). The Bertz CT molecular complexity index is 534. The second-order valence-corrected chi connectivity index (χ2v) is 4.63. The molecule has 0 bridgehead atoms. The average Bonchev–Trinajstić information content (AvgIpc) is 2.88. The number of halogens is 5. The van der Waals surface area contributed by atoms with Crippen molar-refractivity contribution in [1.29, 1.82) is 0 Å². The van der Waals surface area contributed by atoms with E-state index in [1.807, 2.05) is 0 Å². The van der Waals surface area contributed by atoms with Crippen LogP contribution in [-0.4, -0.2) is 17.1 Å². The second-order valence-electron chi connectivity index (χ2n) is 4.63. The highest BCUT2D eigenvalue weighted by atomic mass is 19.2. The number of hydrogen-bond donors (Lipinski definition) is 2. The summed E-state index contributed by atoms with van der Waals surface area (Å²) in [6.07, 6.45) is 0.619. The molecule has 0 aliphatic heterocycles. The van der Waals surface area contributed by atoms with Gasteiger partial charge in [-0.1, -0.05) is 0 Å². The summed E-state index contributed by atoms with van der Waals surface area (Å²) in [4.78, 5) is 10.7. The third-order valence-corrected chi connectivity index (χ3v) is 3.34. The minimum absolute atomic E-state index is 0.0643. The van der Waals surface area contributed by atoms with Crippen LogP contribution in [0.2, 0.25) is 0 Å². The van der Waals surface area contributed by atoms with Gasteiger partial charge in [0.05, 0.1) is 5.92 Å². The van der Waals surface area contributed by atoms with E-state index >= 15 is 0 Å². The summed E-state index contributed by atoms with van der Waals surface area (Å²) in [5.41, 5.74) is -1.11. The third kappa shape index (κ3) is 2.41. The molecule has 1 saturated carbocycles. The zero-order valence-electron chi connectivity index (χ0n) is 10.0. The van der Waals surface area contributed by atoms with Crippen LogP contribution in [0.4, 0.5) is 27.6 Å². The lowest BCUT2D eigenvalue weighted by Gasteiger charge is -2.16. The lowest BCUT2D eigenvalue weighted by molar-refractivity contribution is -0.141. The molecule has 1 aromatic carbocycles. The Morgan fingerprint density at radius 3 is 1.90 bits per heavy atom. The van der Waals surface area contributed by atoms with Gasteiger partial charge in [0.2, 0.25) is 5.82 Å². The lowest BCUT2D eigenvalue weighted by Crippen LogP contribution is -2.20. The van der Waals surface area contributed by atoms with Crippen molar-refractivity contribution >= 4 is 11.7 Å². The van der Waals surface area contributed by atoms with E-state index in [2.05, 4.69) is 5.32 Å². The van der Waals surface area contributed by atoms with E-state index in [1.54, 1.807) is 0 Å². The van der Waals surface area contributed by atoms with Gasteiger partial charge in [0.15, 0.2) is 23.3 Å². The van der Waals surface area contributed by atoms with Gasteiger partial charge in [-0.15, -0.1) is 0 Å². The molecule has 0 spiro atoms. The summed E-state index contributed by atoms with van der Waals surface area (Å²) in [6, 6.07) is -0.649. The zero-order chi connectivity index (χ0) is 15.0. The van der Waals surface area contributed by atoms with E-state index in [1.165, 1.54) is 0 Å². The molecule has 0 aromatic heterocycles. The fourth-order valence-electron chi connectivity index (χ4n) is 2.27. The molecule has 3 nitrogen and oxygen atoms in total. The lowest BCUT2D eigenvalue weighted by atomic mass is 10.1. The van der Waals surface area contributed by atoms with Crippen molar-refractivity contribution in [2.75, 3.05) is 5.32 Å². The predicted octanol–water partition coefficient (Wildman–Crippen LogP) is 3.05. The number of nitrogens with one attached hydrogen (secondary N) is 1. The van der Waals surface area contributed by atoms with Gasteiger partial charge >= 0.3 is 5.97 Å². The number of anilines is 1. The number of benzene rings is 1. The first-order chi connectivity index (χ1) is 9.32. The fraction of sp³-hybridized carbons (Fsp3) is 0.417. The third-order valence-electron chi connectivity index (χ3n) is 3.34. The topological polar surface area (TPSA) is 49.3 Å². The maximum atomic E-state index is 13.4. The SMILES string of the molecule is O=C(O)C1CCC(Nc2c(F)c(F)c(F)c(F)c2F)C1. The molecule has 1 aliphatic rings. The predicted molar refractivity (Wildman–Crippen MR) is 58.6 cm³/mol. The highest BCUT2D eigenvalue weighted by Gasteiger charge is 2.32. The number of carbonyl (C=O) groups is 1. The number of aliphatic carboxylic acids is 1. The van der Waals surface area contributed by atoms with Gasteiger partial charge in [-0.25, -0.2) is 22.0 Å². The minimum atomic E-state index is -2.22. The maximum absolute atomic E-state index is 13.4. The van der Waals surface area contributed by atoms with Crippen LogP contribution in [0.3, 0.4) is 0 Å². The summed E-state index contributed by atoms with van der Waals surface area (Å²) in [6.45, 7) is 0. The van der Waals surface area contributed by atoms with Gasteiger partial charge in [0.25, 0.3) is 0 Å². The molecule has 2 atom stereocenters. The molecule has 110 valence electrons. The molecule has 1 fully saturated rings. The standard InChI is InChI=1S/C12H10F5NO2/c13-6-7(14)9(16)11(10(17)8(6)15)18-5-2-1-4(3-5)12(19)20/h4-5,18H,1-3H2,(H,19,20). The Morgan fingerprint density at radius 1 is 0.950 bits per heavy atom. The van der Waals surface area contributed by atoms with Gasteiger partial charge in [-0.2, -0.15) is 0 Å². The van der Waals surface area contributed by atoms with Crippen molar-refractivity contribution in [3.8, 4) is 0 Å². The second kappa shape index (κ2) is 5.26. The molecule has 20 heavy (non-hydrogen) atoms. The molecule has 2 N–H and O–H groups in total. The summed E-state index contributed by atoms with van der Waals surface area (Å²) in [7, 11) is 0. The molecule has 0 amide bonds. The van der Waals surface area contributed by atoms with Crippen LogP contribution in [0.15, 0.2) is 0 Å². The minimum Gasteiger partial charge on any atom is -0.481 e. The highest BCUT2D eigenvalue weighted by Crippen LogP contribution is 2.32. The molecular formula is C12H10F5NO2. The quantitative estimate of drug-likeness (QED) is 0.512. The van der Waals surface area contributed by atoms with Gasteiger partial charge in [-0.05, 0) is 19.3 Å². The highest BCUT2D eigenvalue weighted by molar-refractivity contribution is 5.70. The van der Waals surface area contributed by atoms with Crippen molar-refractivity contribution in [2.24, 2.45) is 5.92 Å². The van der Waals surface area contributed by atoms with Crippen LogP contribution >= 0.6 is 0 Å². The van der Waals surface area contributed by atoms with Gasteiger partial charge in [0, 0.05) is 6.04 Å². The van der Waals surface area contributed by atoms with Crippen molar-refractivity contribution in [2.45, 2.75) is 25.3 Å². The molecule has 0 radical (unpaired) electrons. The number of hydrogen-bond acceptors (Lipinski definition) is 2. The van der Waals surface area contributed by atoms with Crippen molar-refractivity contribution in [3.05, 3.63) is 29.1 Å². The molecular weight excluding hydrogens is 285 g/mol. The van der Waals surface area contributed by atoms with Gasteiger partial charge in [-0.3, -0.25) is 4.79 Å². The number of rotatable bonds is 3. The largest absolute Gasteiger partial charge is 0.481 e. The first-order valence-electron chi connectivity index (χ1n) is 5.83. The Labute approximate surface area is 110 Å². The number of carboxylic acids is 1. The molecule has 2 unspecified atom stereocenters. The summed E-state index contributed by atoms with van der Waals surface area (Å²) in [5.74, 6) is -11.9. The average molecular weight is 295 g/mol. The van der Waals surface area contributed by atoms with Gasteiger partial charge in [0.1, 0.15) is 5.69 Å². The van der Waals surface area contributed by atoms with Crippen LogP contribution in [0.25, 0.3) is 0 Å². The normalized spacial score (nSPS) is 22.1. The molecule has 0 saturated heterocycles. The molecule has 1 aliphatic carbocycles. The molecule has 8 heteroatoms. The van der Waals surface area contributed by atoms with Crippen molar-refractivity contribution in [3.63, 3.8) is 0 Å². The first kappa shape index (κ1) is 14.5. The van der Waals surface area contributed by atoms with Crippen molar-refractivity contribution in [1.82, 2.24) is 0 Å². The Hall–Kier alpha value is -1.86. The molecule has 0 heterocycles. The molecule has 1 aromatic rings.